The number of piperidine rings is 1. The van der Waals surface area contributed by atoms with Gasteiger partial charge in [0.25, 0.3) is 0 Å². The van der Waals surface area contributed by atoms with Crippen molar-refractivity contribution in [3.05, 3.63) is 29.8 Å². The molecule has 0 unspecified atom stereocenters. The number of likely N-dealkylation sites (tertiary alicyclic amines) is 1. The average molecular weight is 304 g/mol. The molecule has 0 aromatic heterocycles. The van der Waals surface area contributed by atoms with E-state index in [1.54, 1.807) is 31.2 Å². The van der Waals surface area contributed by atoms with Gasteiger partial charge < -0.3 is 15.0 Å². The zero-order chi connectivity index (χ0) is 15.9. The van der Waals surface area contributed by atoms with Crippen molar-refractivity contribution in [2.75, 3.05) is 31.6 Å². The largest absolute Gasteiger partial charge is 0.462 e. The number of hydrogen-bond acceptors (Lipinski definition) is 4. The molecule has 1 amide bonds. The van der Waals surface area contributed by atoms with E-state index in [9.17, 15) is 9.59 Å². The van der Waals surface area contributed by atoms with Gasteiger partial charge in [-0.3, -0.25) is 4.79 Å². The van der Waals surface area contributed by atoms with Gasteiger partial charge in [0.05, 0.1) is 12.2 Å². The van der Waals surface area contributed by atoms with Crippen LogP contribution >= 0.6 is 0 Å². The zero-order valence-corrected chi connectivity index (χ0v) is 13.3. The van der Waals surface area contributed by atoms with Crippen molar-refractivity contribution in [2.45, 2.75) is 26.7 Å². The zero-order valence-electron chi connectivity index (χ0n) is 13.3. The Balaban J connectivity index is 1.88. The molecule has 1 saturated heterocycles. The van der Waals surface area contributed by atoms with Crippen LogP contribution in [0.1, 0.15) is 37.0 Å². The van der Waals surface area contributed by atoms with E-state index in [4.69, 9.17) is 4.74 Å². The fraction of sp³-hybridized carbons (Fsp3) is 0.529. The molecule has 1 fully saturated rings. The van der Waals surface area contributed by atoms with Gasteiger partial charge in [-0.15, -0.1) is 0 Å². The van der Waals surface area contributed by atoms with Crippen LogP contribution in [0.5, 0.6) is 0 Å². The molecule has 0 spiro atoms. The summed E-state index contributed by atoms with van der Waals surface area (Å²) in [5.41, 5.74) is 1.21. The van der Waals surface area contributed by atoms with Gasteiger partial charge in [-0.05, 0) is 63.7 Å². The lowest BCUT2D eigenvalue weighted by atomic mass is 9.96. The first-order chi connectivity index (χ1) is 10.6. The van der Waals surface area contributed by atoms with E-state index in [1.807, 2.05) is 0 Å². The van der Waals surface area contributed by atoms with E-state index in [0.717, 1.165) is 38.2 Å². The fourth-order valence-corrected chi connectivity index (χ4v) is 2.66. The molecule has 1 aromatic carbocycles. The Morgan fingerprint density at radius 1 is 1.18 bits per heavy atom. The average Bonchev–Trinajstić information content (AvgIpc) is 2.55. The monoisotopic (exact) mass is 304 g/mol. The second kappa shape index (κ2) is 7.94. The third kappa shape index (κ3) is 4.31. The molecule has 22 heavy (non-hydrogen) atoms. The van der Waals surface area contributed by atoms with Gasteiger partial charge in [-0.1, -0.05) is 6.92 Å². The molecular formula is C17H24N2O3. The predicted molar refractivity (Wildman–Crippen MR) is 85.9 cm³/mol. The Morgan fingerprint density at radius 3 is 2.36 bits per heavy atom. The van der Waals surface area contributed by atoms with Gasteiger partial charge in [0.1, 0.15) is 0 Å². The number of ether oxygens (including phenoxy) is 1. The fourth-order valence-electron chi connectivity index (χ4n) is 2.66. The molecule has 1 heterocycles. The molecule has 1 aliphatic heterocycles. The molecule has 1 aromatic rings. The second-order valence-corrected chi connectivity index (χ2v) is 5.50. The number of nitrogens with one attached hydrogen (secondary N) is 1. The third-order valence-corrected chi connectivity index (χ3v) is 4.07. The normalized spacial score (nSPS) is 16.3. The summed E-state index contributed by atoms with van der Waals surface area (Å²) in [6.45, 7) is 7.28. The summed E-state index contributed by atoms with van der Waals surface area (Å²) in [5, 5.41) is 2.93. The molecular weight excluding hydrogens is 280 g/mol. The summed E-state index contributed by atoms with van der Waals surface area (Å²) in [6, 6.07) is 6.83. The van der Waals surface area contributed by atoms with Crippen molar-refractivity contribution >= 4 is 17.6 Å². The first-order valence-electron chi connectivity index (χ1n) is 7.94. The van der Waals surface area contributed by atoms with Crippen LogP contribution in [0.25, 0.3) is 0 Å². The standard InChI is InChI=1S/C17H24N2O3/c1-3-19-11-9-13(10-12-19)16(20)18-15-7-5-14(6-8-15)17(21)22-4-2/h5-8,13H,3-4,9-12H2,1-2H3,(H,18,20). The van der Waals surface area contributed by atoms with Crippen LogP contribution < -0.4 is 5.32 Å². The Kier molecular flexibility index (Phi) is 5.95. The second-order valence-electron chi connectivity index (χ2n) is 5.50. The van der Waals surface area contributed by atoms with E-state index >= 15 is 0 Å². The Hall–Kier alpha value is -1.88. The Labute approximate surface area is 131 Å². The van der Waals surface area contributed by atoms with Crippen LogP contribution in [-0.4, -0.2) is 43.0 Å². The minimum absolute atomic E-state index is 0.0691. The number of anilines is 1. The van der Waals surface area contributed by atoms with E-state index in [2.05, 4.69) is 17.1 Å². The number of hydrogen-bond donors (Lipinski definition) is 1. The van der Waals surface area contributed by atoms with Crippen molar-refractivity contribution in [1.82, 2.24) is 4.90 Å². The van der Waals surface area contributed by atoms with Crippen LogP contribution in [0, 0.1) is 5.92 Å². The molecule has 0 bridgehead atoms. The van der Waals surface area contributed by atoms with Crippen molar-refractivity contribution in [1.29, 1.82) is 0 Å². The van der Waals surface area contributed by atoms with E-state index in [1.165, 1.54) is 0 Å². The van der Waals surface area contributed by atoms with E-state index < -0.39 is 0 Å². The number of nitrogens with zero attached hydrogens (tertiary/aromatic N) is 1. The number of carbonyl (C=O) groups is 2. The molecule has 0 atom stereocenters. The number of amides is 1. The van der Waals surface area contributed by atoms with Crippen molar-refractivity contribution in [3.8, 4) is 0 Å². The van der Waals surface area contributed by atoms with Gasteiger partial charge >= 0.3 is 5.97 Å². The smallest absolute Gasteiger partial charge is 0.338 e. The summed E-state index contributed by atoms with van der Waals surface area (Å²) < 4.78 is 4.93. The highest BCUT2D eigenvalue weighted by Crippen LogP contribution is 2.19. The SMILES string of the molecule is CCOC(=O)c1ccc(NC(=O)C2CCN(CC)CC2)cc1. The van der Waals surface area contributed by atoms with Crippen molar-refractivity contribution in [2.24, 2.45) is 5.92 Å². The summed E-state index contributed by atoms with van der Waals surface area (Å²) in [6.07, 6.45) is 1.81. The lowest BCUT2D eigenvalue weighted by molar-refractivity contribution is -0.121. The highest BCUT2D eigenvalue weighted by Gasteiger charge is 2.24. The highest BCUT2D eigenvalue weighted by molar-refractivity contribution is 5.94. The summed E-state index contributed by atoms with van der Waals surface area (Å²) >= 11 is 0. The van der Waals surface area contributed by atoms with E-state index in [-0.39, 0.29) is 17.8 Å². The number of esters is 1. The van der Waals surface area contributed by atoms with Crippen molar-refractivity contribution < 1.29 is 14.3 Å². The van der Waals surface area contributed by atoms with Crippen LogP contribution in [-0.2, 0) is 9.53 Å². The van der Waals surface area contributed by atoms with E-state index in [0.29, 0.717) is 12.2 Å². The lowest BCUT2D eigenvalue weighted by Crippen LogP contribution is -2.37. The van der Waals surface area contributed by atoms with Gasteiger partial charge in [-0.25, -0.2) is 4.79 Å². The topological polar surface area (TPSA) is 58.6 Å². The molecule has 0 saturated carbocycles. The number of benzene rings is 1. The molecule has 5 nitrogen and oxygen atoms in total. The molecule has 0 aliphatic carbocycles. The van der Waals surface area contributed by atoms with Crippen molar-refractivity contribution in [3.63, 3.8) is 0 Å². The molecule has 120 valence electrons. The predicted octanol–water partition coefficient (Wildman–Crippen LogP) is 2.53. The Bertz CT molecular complexity index is 505. The first kappa shape index (κ1) is 16.5. The molecule has 0 radical (unpaired) electrons. The summed E-state index contributed by atoms with van der Waals surface area (Å²) in [7, 11) is 0. The van der Waals surface area contributed by atoms with Gasteiger partial charge in [0.15, 0.2) is 0 Å². The molecule has 1 N–H and O–H groups in total. The minimum Gasteiger partial charge on any atom is -0.462 e. The van der Waals surface area contributed by atoms with Crippen LogP contribution in [0.4, 0.5) is 5.69 Å². The summed E-state index contributed by atoms with van der Waals surface area (Å²) in [5.74, 6) is -0.195. The van der Waals surface area contributed by atoms with Crippen LogP contribution in [0.15, 0.2) is 24.3 Å². The number of rotatable bonds is 5. The lowest BCUT2D eigenvalue weighted by Gasteiger charge is -2.30. The minimum atomic E-state index is -0.340. The van der Waals surface area contributed by atoms with Gasteiger partial charge in [0.2, 0.25) is 5.91 Å². The first-order valence-corrected chi connectivity index (χ1v) is 7.94. The molecule has 1 aliphatic rings. The quantitative estimate of drug-likeness (QED) is 0.849. The highest BCUT2D eigenvalue weighted by atomic mass is 16.5. The maximum Gasteiger partial charge on any atom is 0.338 e. The number of carbonyl (C=O) groups excluding carboxylic acids is 2. The van der Waals surface area contributed by atoms with Gasteiger partial charge in [0, 0.05) is 11.6 Å². The molecule has 5 heteroatoms. The maximum absolute atomic E-state index is 12.3. The summed E-state index contributed by atoms with van der Waals surface area (Å²) in [4.78, 5) is 26.2. The maximum atomic E-state index is 12.3. The molecule has 2 rings (SSSR count). The van der Waals surface area contributed by atoms with Crippen LogP contribution in [0.3, 0.4) is 0 Å². The van der Waals surface area contributed by atoms with Crippen LogP contribution in [0.2, 0.25) is 0 Å². The third-order valence-electron chi connectivity index (χ3n) is 4.07. The van der Waals surface area contributed by atoms with Gasteiger partial charge in [-0.2, -0.15) is 0 Å². The Morgan fingerprint density at radius 2 is 1.82 bits per heavy atom.